The van der Waals surface area contributed by atoms with Gasteiger partial charge in [-0.1, -0.05) is 6.07 Å². The summed E-state index contributed by atoms with van der Waals surface area (Å²) in [5, 5.41) is 22.5. The molecule has 0 fully saturated rings. The minimum atomic E-state index is -3.55. The van der Waals surface area contributed by atoms with Crippen LogP contribution in [-0.2, 0) is 42.1 Å². The van der Waals surface area contributed by atoms with Crippen LogP contribution in [0, 0.1) is 0 Å². The highest BCUT2D eigenvalue weighted by molar-refractivity contribution is 7.91. The van der Waals surface area contributed by atoms with Crippen LogP contribution in [-0.4, -0.2) is 37.8 Å². The molecule has 2 amide bonds. The molecule has 1 aromatic carbocycles. The van der Waals surface area contributed by atoms with E-state index in [1.807, 2.05) is 0 Å². The summed E-state index contributed by atoms with van der Waals surface area (Å²) < 4.78 is 23.6. The molecule has 29 heavy (non-hydrogen) atoms. The van der Waals surface area contributed by atoms with Crippen LogP contribution in [0.1, 0.15) is 35.1 Å². The Morgan fingerprint density at radius 1 is 1.28 bits per heavy atom. The summed E-state index contributed by atoms with van der Waals surface area (Å²) in [7, 11) is -3.55. The van der Waals surface area contributed by atoms with Gasteiger partial charge in [0, 0.05) is 5.69 Å². The van der Waals surface area contributed by atoms with E-state index >= 15 is 0 Å². The van der Waals surface area contributed by atoms with Crippen molar-refractivity contribution < 1.29 is 18.8 Å². The van der Waals surface area contributed by atoms with Crippen LogP contribution in [0.5, 0.6) is 5.88 Å². The SMILES string of the molecule is N[S@](=O)(=NC(=O)Nc1c2c(cc3c1CCC3)CCC2)c1cnn2c1OC[C@H](O)C2. The third-order valence-corrected chi connectivity index (χ3v) is 7.14. The first kappa shape index (κ1) is 18.6. The van der Waals surface area contributed by atoms with Gasteiger partial charge in [0.25, 0.3) is 0 Å². The lowest BCUT2D eigenvalue weighted by Gasteiger charge is -2.20. The number of aromatic nitrogens is 2. The molecule has 2 atom stereocenters. The number of hydrogen-bond acceptors (Lipinski definition) is 5. The molecule has 1 aromatic heterocycles. The van der Waals surface area contributed by atoms with Gasteiger partial charge in [-0.05, 0) is 60.8 Å². The molecule has 0 spiro atoms. The van der Waals surface area contributed by atoms with Crippen molar-refractivity contribution >= 4 is 21.6 Å². The number of benzene rings is 1. The van der Waals surface area contributed by atoms with Crippen LogP contribution in [0.2, 0.25) is 0 Å². The Morgan fingerprint density at radius 3 is 2.66 bits per heavy atom. The van der Waals surface area contributed by atoms with Crippen LogP contribution in [0.15, 0.2) is 21.5 Å². The monoisotopic (exact) mass is 417 g/mol. The van der Waals surface area contributed by atoms with Crippen molar-refractivity contribution in [3.63, 3.8) is 0 Å². The Kier molecular flexibility index (Phi) is 4.37. The topological polar surface area (TPSA) is 132 Å². The fourth-order valence-corrected chi connectivity index (χ4v) is 5.53. The van der Waals surface area contributed by atoms with Gasteiger partial charge in [-0.3, -0.25) is 0 Å². The maximum atomic E-state index is 13.0. The molecule has 0 saturated heterocycles. The lowest BCUT2D eigenvalue weighted by molar-refractivity contribution is 0.0538. The average Bonchev–Trinajstić information content (AvgIpc) is 3.39. The molecule has 3 aliphatic rings. The third kappa shape index (κ3) is 3.21. The lowest BCUT2D eigenvalue weighted by Crippen LogP contribution is -2.30. The second kappa shape index (κ2) is 6.82. The highest BCUT2D eigenvalue weighted by Crippen LogP contribution is 2.38. The first-order valence-corrected chi connectivity index (χ1v) is 11.4. The molecule has 0 bridgehead atoms. The molecule has 2 aliphatic carbocycles. The van der Waals surface area contributed by atoms with Gasteiger partial charge in [0.2, 0.25) is 5.88 Å². The number of hydrogen-bond donors (Lipinski definition) is 3. The normalized spacial score (nSPS) is 21.5. The van der Waals surface area contributed by atoms with E-state index in [-0.39, 0.29) is 23.9 Å². The van der Waals surface area contributed by atoms with Crippen LogP contribution >= 0.6 is 0 Å². The van der Waals surface area contributed by atoms with Crippen molar-refractivity contribution in [3.8, 4) is 5.88 Å². The van der Waals surface area contributed by atoms with E-state index in [1.165, 1.54) is 22.0 Å². The third-order valence-electron chi connectivity index (χ3n) is 5.79. The quantitative estimate of drug-likeness (QED) is 0.682. The van der Waals surface area contributed by atoms with Crippen LogP contribution in [0.25, 0.3) is 0 Å². The number of urea groups is 1. The number of amides is 2. The van der Waals surface area contributed by atoms with Gasteiger partial charge in [-0.15, -0.1) is 4.36 Å². The van der Waals surface area contributed by atoms with Gasteiger partial charge in [0.1, 0.15) is 17.6 Å². The zero-order valence-electron chi connectivity index (χ0n) is 15.9. The smallest absolute Gasteiger partial charge is 0.354 e. The predicted octanol–water partition coefficient (Wildman–Crippen LogP) is 1.55. The molecule has 154 valence electrons. The number of nitrogens with zero attached hydrogens (tertiary/aromatic N) is 3. The predicted molar refractivity (Wildman–Crippen MR) is 106 cm³/mol. The van der Waals surface area contributed by atoms with E-state index in [4.69, 9.17) is 9.88 Å². The lowest BCUT2D eigenvalue weighted by atomic mass is 9.99. The Hall–Kier alpha value is -2.43. The maximum Gasteiger partial charge on any atom is 0.354 e. The number of anilines is 1. The highest BCUT2D eigenvalue weighted by atomic mass is 32.2. The fourth-order valence-electron chi connectivity index (χ4n) is 4.53. The second-order valence-electron chi connectivity index (χ2n) is 7.79. The molecule has 5 rings (SSSR count). The summed E-state index contributed by atoms with van der Waals surface area (Å²) in [5.74, 6) is 0.181. The Bertz CT molecular complexity index is 1100. The summed E-state index contributed by atoms with van der Waals surface area (Å²) in [4.78, 5) is 12.8. The number of ether oxygens (including phenoxy) is 1. The molecule has 0 unspecified atom stereocenters. The average molecular weight is 417 g/mol. The molecular weight excluding hydrogens is 394 g/mol. The van der Waals surface area contributed by atoms with Crippen molar-refractivity contribution in [1.82, 2.24) is 9.78 Å². The number of aliphatic hydroxyl groups is 1. The maximum absolute atomic E-state index is 13.0. The molecular formula is C19H23N5O4S. The number of aryl methyl sites for hydroxylation is 2. The van der Waals surface area contributed by atoms with E-state index in [2.05, 4.69) is 20.8 Å². The summed E-state index contributed by atoms with van der Waals surface area (Å²) in [5.41, 5.74) is 5.72. The molecule has 4 N–H and O–H groups in total. The van der Waals surface area contributed by atoms with Crippen LogP contribution in [0.3, 0.4) is 0 Å². The molecule has 1 aliphatic heterocycles. The first-order chi connectivity index (χ1) is 13.9. The fraction of sp³-hybridized carbons (Fsp3) is 0.474. The first-order valence-electron chi connectivity index (χ1n) is 9.81. The van der Waals surface area contributed by atoms with E-state index in [1.54, 1.807) is 0 Å². The van der Waals surface area contributed by atoms with Crippen LogP contribution < -0.4 is 15.2 Å². The van der Waals surface area contributed by atoms with Crippen LogP contribution in [0.4, 0.5) is 10.5 Å². The highest BCUT2D eigenvalue weighted by Gasteiger charge is 2.28. The zero-order chi connectivity index (χ0) is 20.2. The van der Waals surface area contributed by atoms with Crippen molar-refractivity contribution in [1.29, 1.82) is 0 Å². The van der Waals surface area contributed by atoms with Crippen molar-refractivity contribution in [2.24, 2.45) is 9.50 Å². The van der Waals surface area contributed by atoms with Gasteiger partial charge < -0.3 is 15.2 Å². The molecule has 0 radical (unpaired) electrons. The number of carbonyl (C=O) groups excluding carboxylic acids is 1. The summed E-state index contributed by atoms with van der Waals surface area (Å²) in [6.45, 7) is 0.252. The van der Waals surface area contributed by atoms with E-state index in [9.17, 15) is 14.1 Å². The van der Waals surface area contributed by atoms with Crippen molar-refractivity contribution in [2.75, 3.05) is 11.9 Å². The number of fused-ring (bicyclic) bond motifs is 3. The van der Waals surface area contributed by atoms with Crippen molar-refractivity contribution in [2.45, 2.75) is 56.1 Å². The number of carbonyl (C=O) groups is 1. The van der Waals surface area contributed by atoms with Gasteiger partial charge in [-0.25, -0.2) is 18.8 Å². The number of rotatable bonds is 2. The van der Waals surface area contributed by atoms with Gasteiger partial charge in [0.05, 0.1) is 12.7 Å². The van der Waals surface area contributed by atoms with Crippen molar-refractivity contribution in [3.05, 3.63) is 34.5 Å². The second-order valence-corrected chi connectivity index (χ2v) is 9.54. The summed E-state index contributed by atoms with van der Waals surface area (Å²) >= 11 is 0. The summed E-state index contributed by atoms with van der Waals surface area (Å²) in [6, 6.07) is 1.54. The van der Waals surface area contributed by atoms with Gasteiger partial charge in [0.15, 0.2) is 9.92 Å². The number of nitrogens with two attached hydrogens (primary N) is 1. The minimum Gasteiger partial charge on any atom is -0.474 e. The largest absolute Gasteiger partial charge is 0.474 e. The van der Waals surface area contributed by atoms with Gasteiger partial charge >= 0.3 is 6.03 Å². The van der Waals surface area contributed by atoms with Gasteiger partial charge in [-0.2, -0.15) is 5.10 Å². The standard InChI is InChI=1S/C19H23N5O4S/c20-29(27,16-8-21-24-9-13(25)10-28-18(16)24)23-19(26)22-17-14-5-1-3-11(14)7-12-4-2-6-15(12)17/h7-8,13,25H,1-6,9-10H2,(H3,20,22,23,26,27)/t13-,29+/m1/s1. The summed E-state index contributed by atoms with van der Waals surface area (Å²) in [6.07, 6.45) is 6.59. The zero-order valence-corrected chi connectivity index (χ0v) is 16.7. The molecule has 2 aromatic rings. The number of nitrogens with one attached hydrogen (secondary N) is 1. The Morgan fingerprint density at radius 2 is 1.97 bits per heavy atom. The molecule has 10 heteroatoms. The molecule has 9 nitrogen and oxygen atoms in total. The molecule has 2 heterocycles. The van der Waals surface area contributed by atoms with E-state index < -0.39 is 22.1 Å². The Labute approximate surface area is 168 Å². The Balaban J connectivity index is 1.47. The van der Waals surface area contributed by atoms with E-state index in [0.29, 0.717) is 0 Å². The number of aliphatic hydroxyl groups excluding tert-OH is 1. The minimum absolute atomic E-state index is 0.0443. The van der Waals surface area contributed by atoms with E-state index in [0.717, 1.165) is 55.3 Å². The molecule has 0 saturated carbocycles.